The first kappa shape index (κ1) is 13.8. The number of furan rings is 1. The lowest BCUT2D eigenvalue weighted by molar-refractivity contribution is -0.143. The first-order valence-electron chi connectivity index (χ1n) is 6.14. The number of hydrogen-bond donors (Lipinski definition) is 1. The maximum absolute atomic E-state index is 11.1. The topological polar surface area (TPSA) is 65.5 Å². The van der Waals surface area contributed by atoms with Crippen LogP contribution in [-0.4, -0.2) is 18.6 Å². The van der Waals surface area contributed by atoms with Gasteiger partial charge in [-0.3, -0.25) is 4.79 Å². The lowest BCUT2D eigenvalue weighted by Gasteiger charge is -2.09. The summed E-state index contributed by atoms with van der Waals surface area (Å²) in [5, 5.41) is 0. The Morgan fingerprint density at radius 1 is 1.41 bits per heavy atom. The lowest BCUT2D eigenvalue weighted by Crippen LogP contribution is -2.24. The van der Waals surface area contributed by atoms with E-state index in [-0.39, 0.29) is 12.0 Å². The molecule has 2 N–H and O–H groups in total. The van der Waals surface area contributed by atoms with E-state index in [2.05, 4.69) is 0 Å². The molecule has 0 bridgehead atoms. The maximum atomic E-state index is 11.1. The van der Waals surface area contributed by atoms with Crippen molar-refractivity contribution >= 4 is 5.97 Å². The smallest absolute Gasteiger partial charge is 0.305 e. The molecule has 0 saturated carbocycles. The third-order valence-corrected chi connectivity index (χ3v) is 2.55. The van der Waals surface area contributed by atoms with Crippen LogP contribution in [0.3, 0.4) is 0 Å². The Kier molecular flexibility index (Phi) is 5.77. The van der Waals surface area contributed by atoms with Crippen LogP contribution < -0.4 is 5.73 Å². The van der Waals surface area contributed by atoms with Crippen LogP contribution in [-0.2, 0) is 22.4 Å². The molecular formula is C13H21NO3. The van der Waals surface area contributed by atoms with Crippen molar-refractivity contribution in [3.8, 4) is 0 Å². The van der Waals surface area contributed by atoms with Crippen molar-refractivity contribution in [2.24, 2.45) is 5.73 Å². The van der Waals surface area contributed by atoms with Crippen LogP contribution in [0.4, 0.5) is 0 Å². The van der Waals surface area contributed by atoms with Crippen LogP contribution in [0.25, 0.3) is 0 Å². The first-order chi connectivity index (χ1) is 8.15. The second-order valence-electron chi connectivity index (χ2n) is 4.03. The third-order valence-electron chi connectivity index (χ3n) is 2.55. The van der Waals surface area contributed by atoms with Crippen molar-refractivity contribution < 1.29 is 13.9 Å². The number of esters is 1. The van der Waals surface area contributed by atoms with Crippen molar-refractivity contribution in [1.82, 2.24) is 0 Å². The van der Waals surface area contributed by atoms with E-state index >= 15 is 0 Å². The van der Waals surface area contributed by atoms with E-state index in [1.807, 2.05) is 19.1 Å². The van der Waals surface area contributed by atoms with Crippen molar-refractivity contribution in [3.63, 3.8) is 0 Å². The molecule has 0 aliphatic heterocycles. The molecule has 0 fully saturated rings. The molecule has 0 aliphatic carbocycles. The molecule has 0 radical (unpaired) electrons. The maximum Gasteiger partial charge on any atom is 0.305 e. The average molecular weight is 239 g/mol. The van der Waals surface area contributed by atoms with Gasteiger partial charge in [0.05, 0.1) is 6.61 Å². The molecule has 4 nitrogen and oxygen atoms in total. The quantitative estimate of drug-likeness (QED) is 0.740. The van der Waals surface area contributed by atoms with Gasteiger partial charge in [-0.05, 0) is 25.5 Å². The Morgan fingerprint density at radius 3 is 2.71 bits per heavy atom. The molecule has 0 aromatic carbocycles. The molecule has 4 heteroatoms. The van der Waals surface area contributed by atoms with Crippen molar-refractivity contribution in [2.45, 2.75) is 45.6 Å². The number of nitrogens with two attached hydrogens (primary N) is 1. The van der Waals surface area contributed by atoms with Crippen molar-refractivity contribution in [2.75, 3.05) is 6.61 Å². The van der Waals surface area contributed by atoms with E-state index in [9.17, 15) is 4.79 Å². The van der Waals surface area contributed by atoms with Gasteiger partial charge in [0.25, 0.3) is 0 Å². The largest absolute Gasteiger partial charge is 0.466 e. The molecule has 1 aromatic heterocycles. The molecule has 0 spiro atoms. The van der Waals surface area contributed by atoms with E-state index in [1.54, 1.807) is 6.92 Å². The number of aryl methyl sites for hydroxylation is 1. The normalized spacial score (nSPS) is 12.4. The van der Waals surface area contributed by atoms with Gasteiger partial charge in [0, 0.05) is 25.3 Å². The van der Waals surface area contributed by atoms with E-state index in [4.69, 9.17) is 14.9 Å². The molecule has 1 rings (SSSR count). The second-order valence-corrected chi connectivity index (χ2v) is 4.03. The van der Waals surface area contributed by atoms with E-state index < -0.39 is 0 Å². The average Bonchev–Trinajstić information content (AvgIpc) is 2.74. The fraction of sp³-hybridized carbons (Fsp3) is 0.615. The van der Waals surface area contributed by atoms with Crippen LogP contribution >= 0.6 is 0 Å². The van der Waals surface area contributed by atoms with Gasteiger partial charge in [-0.15, -0.1) is 0 Å². The monoisotopic (exact) mass is 239 g/mol. The number of carbonyl (C=O) groups excluding carboxylic acids is 1. The third kappa shape index (κ3) is 5.04. The summed E-state index contributed by atoms with van der Waals surface area (Å²) in [6.07, 6.45) is 2.55. The van der Waals surface area contributed by atoms with Crippen LogP contribution in [0.15, 0.2) is 16.5 Å². The van der Waals surface area contributed by atoms with Gasteiger partial charge in [0.15, 0.2) is 0 Å². The second kappa shape index (κ2) is 7.12. The highest BCUT2D eigenvalue weighted by molar-refractivity contribution is 5.69. The highest BCUT2D eigenvalue weighted by atomic mass is 16.5. The van der Waals surface area contributed by atoms with Crippen molar-refractivity contribution in [3.05, 3.63) is 23.7 Å². The predicted molar refractivity (Wildman–Crippen MR) is 65.6 cm³/mol. The number of carbonyl (C=O) groups is 1. The minimum absolute atomic E-state index is 0.0599. The van der Waals surface area contributed by atoms with Crippen molar-refractivity contribution in [1.29, 1.82) is 0 Å². The van der Waals surface area contributed by atoms with Gasteiger partial charge in [-0.1, -0.05) is 6.92 Å². The molecule has 1 aromatic rings. The molecule has 0 aliphatic rings. The fourth-order valence-corrected chi connectivity index (χ4v) is 1.62. The van der Waals surface area contributed by atoms with Crippen LogP contribution in [0.1, 0.15) is 38.2 Å². The van der Waals surface area contributed by atoms with Gasteiger partial charge in [0.2, 0.25) is 0 Å². The zero-order valence-electron chi connectivity index (χ0n) is 10.6. The van der Waals surface area contributed by atoms with Gasteiger partial charge in [0.1, 0.15) is 11.5 Å². The molecular weight excluding hydrogens is 218 g/mol. The summed E-state index contributed by atoms with van der Waals surface area (Å²) in [5.41, 5.74) is 5.93. The molecule has 1 heterocycles. The fourth-order valence-electron chi connectivity index (χ4n) is 1.62. The standard InChI is InChI=1S/C13H21NO3/c1-3-11-6-7-12(17-11)9-10(14)5-8-13(15)16-4-2/h6-7,10H,3-5,8-9,14H2,1-2H3. The molecule has 0 saturated heterocycles. The number of rotatable bonds is 7. The Balaban J connectivity index is 2.29. The molecule has 96 valence electrons. The summed E-state index contributed by atoms with van der Waals surface area (Å²) in [5.74, 6) is 1.67. The number of hydrogen-bond acceptors (Lipinski definition) is 4. The molecule has 17 heavy (non-hydrogen) atoms. The molecule has 1 unspecified atom stereocenters. The Morgan fingerprint density at radius 2 is 2.12 bits per heavy atom. The van der Waals surface area contributed by atoms with Gasteiger partial charge < -0.3 is 14.9 Å². The highest BCUT2D eigenvalue weighted by Crippen LogP contribution is 2.11. The van der Waals surface area contributed by atoms with E-state index in [0.29, 0.717) is 25.9 Å². The van der Waals surface area contributed by atoms with Crippen LogP contribution in [0.2, 0.25) is 0 Å². The Labute approximate surface area is 102 Å². The van der Waals surface area contributed by atoms with Gasteiger partial charge >= 0.3 is 5.97 Å². The summed E-state index contributed by atoms with van der Waals surface area (Å²) >= 11 is 0. The minimum atomic E-state index is -0.184. The van der Waals surface area contributed by atoms with Gasteiger partial charge in [-0.2, -0.15) is 0 Å². The zero-order chi connectivity index (χ0) is 12.7. The molecule has 1 atom stereocenters. The zero-order valence-corrected chi connectivity index (χ0v) is 10.6. The van der Waals surface area contributed by atoms with Crippen LogP contribution in [0.5, 0.6) is 0 Å². The van der Waals surface area contributed by atoms with E-state index in [0.717, 1.165) is 17.9 Å². The van der Waals surface area contributed by atoms with E-state index in [1.165, 1.54) is 0 Å². The first-order valence-corrected chi connectivity index (χ1v) is 6.14. The Bertz CT molecular complexity index is 346. The highest BCUT2D eigenvalue weighted by Gasteiger charge is 2.10. The summed E-state index contributed by atoms with van der Waals surface area (Å²) in [6, 6.07) is 3.85. The predicted octanol–water partition coefficient (Wildman–Crippen LogP) is 2.06. The Hall–Kier alpha value is -1.29. The summed E-state index contributed by atoms with van der Waals surface area (Å²) in [7, 11) is 0. The minimum Gasteiger partial charge on any atom is -0.466 e. The lowest BCUT2D eigenvalue weighted by atomic mass is 10.1. The summed E-state index contributed by atoms with van der Waals surface area (Å²) in [4.78, 5) is 11.1. The van der Waals surface area contributed by atoms with Crippen LogP contribution in [0, 0.1) is 0 Å². The molecule has 0 amide bonds. The summed E-state index contributed by atoms with van der Waals surface area (Å²) < 4.78 is 10.4. The number of ether oxygens (including phenoxy) is 1. The summed E-state index contributed by atoms with van der Waals surface area (Å²) in [6.45, 7) is 4.27. The van der Waals surface area contributed by atoms with Gasteiger partial charge in [-0.25, -0.2) is 0 Å². The SMILES string of the molecule is CCOC(=O)CCC(N)Cc1ccc(CC)o1.